The Morgan fingerprint density at radius 1 is 0.671 bits per heavy atom. The van der Waals surface area contributed by atoms with Gasteiger partial charge in [-0.3, -0.25) is 18.5 Å². The number of aryl methyl sites for hydroxylation is 5. The van der Waals surface area contributed by atoms with Gasteiger partial charge in [0.25, 0.3) is 0 Å². The summed E-state index contributed by atoms with van der Waals surface area (Å²) in [6.07, 6.45) is -13.3. The second-order valence-electron chi connectivity index (χ2n) is 18.1. The molecule has 4 N–H and O–H groups in total. The van der Waals surface area contributed by atoms with Crippen LogP contribution in [-0.2, 0) is 45.4 Å². The molecule has 0 spiro atoms. The molecule has 382 valence electrons. The van der Waals surface area contributed by atoms with Gasteiger partial charge in [0.1, 0.15) is 11.6 Å². The first-order chi connectivity index (χ1) is 31.7. The number of fused-ring (bicyclic) bond motifs is 7. The quantitative estimate of drug-likeness (QED) is 0.0729. The van der Waals surface area contributed by atoms with Gasteiger partial charge in [0, 0.05) is 23.5 Å². The minimum atomic E-state index is -4.49. The number of halogens is 13. The van der Waals surface area contributed by atoms with Crippen molar-refractivity contribution < 1.29 is 48.9 Å². The van der Waals surface area contributed by atoms with E-state index in [9.17, 15) is 48.9 Å². The summed E-state index contributed by atoms with van der Waals surface area (Å²) in [6, 6.07) is 6.62. The number of nitrogens with zero attached hydrogens (tertiary/aromatic N) is 7. The fourth-order valence-corrected chi connectivity index (χ4v) is 8.77. The molecule has 2 aromatic heterocycles. The zero-order chi connectivity index (χ0) is 53.2. The average Bonchev–Trinajstić information content (AvgIpc) is 3.77. The molecule has 8 rings (SSSR count). The number of alkyl halides is 9. The molecule has 0 atom stereocenters. The number of nitrogens with one attached hydrogen (secondary N) is 4. The molecule has 3 aromatic carbocycles. The minimum absolute atomic E-state index is 0.0109. The summed E-state index contributed by atoms with van der Waals surface area (Å²) in [5, 5.41) is 26.2. The zero-order valence-corrected chi connectivity index (χ0v) is 44.1. The Bertz CT molecular complexity index is 2940. The maximum atomic E-state index is 13.6. The molecule has 0 saturated carbocycles. The number of carbonyl (C=O) groups excluding carboxylic acids is 1. The zero-order valence-electron chi connectivity index (χ0n) is 39.4. The Kier molecular flexibility index (Phi) is 15.7. The molecule has 0 aliphatic carbocycles. The topological polar surface area (TPSA) is 156 Å². The van der Waals surface area contributed by atoms with Gasteiger partial charge in [-0.25, -0.2) is 5.43 Å². The third-order valence-corrected chi connectivity index (χ3v) is 11.8. The van der Waals surface area contributed by atoms with E-state index in [-0.39, 0.29) is 33.7 Å². The van der Waals surface area contributed by atoms with Crippen molar-refractivity contribution in [2.24, 2.45) is 5.10 Å². The van der Waals surface area contributed by atoms with Crippen molar-refractivity contribution >= 4 is 83.5 Å². The summed E-state index contributed by atoms with van der Waals surface area (Å²) in [7, 11) is 0. The molecule has 0 saturated heterocycles. The number of anilines is 3. The molecule has 0 bridgehead atoms. The average molecular weight is 1140 g/mol. The van der Waals surface area contributed by atoms with Crippen LogP contribution in [0, 0.1) is 34.6 Å². The Labute approximate surface area is 419 Å². The molecule has 3 aliphatic heterocycles. The summed E-state index contributed by atoms with van der Waals surface area (Å²) >= 11 is 16.9. The predicted octanol–water partition coefficient (Wildman–Crippen LogP) is 14.0. The van der Waals surface area contributed by atoms with Crippen LogP contribution < -0.4 is 21.4 Å². The lowest BCUT2D eigenvalue weighted by atomic mass is 9.84. The van der Waals surface area contributed by atoms with Gasteiger partial charge in [-0.05, 0) is 150 Å². The van der Waals surface area contributed by atoms with E-state index in [0.717, 1.165) is 28.8 Å². The standard InChI is InChI=1S/C15H18F3N3O.C14H14BrF3N4.C14H15F3N4.Cl3OP/c1-8-5-6-11(15(16,17)18)10-7-12(21-20-9(2)22)14(3,4)19-13(8)10;1-6-5-8(15)9(14(16,17)18)11-10(6)19-13(3,4)12-21-20-7(2)22(11)12;1-7-5-6-9(14(15,16)17)11-10(7)18-13(3,4)12-20-19-8(2)21(11)12;1-5(2,3)4/h5-6,19H,7H2,1-4H3,(H,20,22);5,19H,1-4H3;5-6,18H,1-4H3;/b21-12-;;;. The predicted molar refractivity (Wildman–Crippen MR) is 257 cm³/mol. The molecule has 0 unspecified atom stereocenters. The molecular weight excluding hydrogens is 1090 g/mol. The molecule has 5 aromatic rings. The van der Waals surface area contributed by atoms with E-state index in [1.54, 1.807) is 34.6 Å². The van der Waals surface area contributed by atoms with Gasteiger partial charge in [0.05, 0.1) is 61.8 Å². The van der Waals surface area contributed by atoms with E-state index in [2.05, 4.69) is 96.5 Å². The monoisotopic (exact) mass is 1140 g/mol. The van der Waals surface area contributed by atoms with Crippen LogP contribution in [-0.4, -0.2) is 46.7 Å². The van der Waals surface area contributed by atoms with Crippen molar-refractivity contribution in [2.75, 3.05) is 16.0 Å². The Morgan fingerprint density at radius 3 is 1.53 bits per heavy atom. The Hall–Kier alpha value is -4.57. The van der Waals surface area contributed by atoms with Crippen molar-refractivity contribution in [1.29, 1.82) is 0 Å². The van der Waals surface area contributed by atoms with Crippen LogP contribution in [0.4, 0.5) is 56.6 Å². The Morgan fingerprint density at radius 2 is 1.09 bits per heavy atom. The van der Waals surface area contributed by atoms with Gasteiger partial charge in [-0.1, -0.05) is 28.1 Å². The highest BCUT2D eigenvalue weighted by Gasteiger charge is 2.45. The van der Waals surface area contributed by atoms with Crippen LogP contribution in [0.2, 0.25) is 0 Å². The number of hydrazone groups is 1. The first kappa shape index (κ1) is 56.3. The van der Waals surface area contributed by atoms with Gasteiger partial charge in [-0.15, -0.1) is 20.4 Å². The highest BCUT2D eigenvalue weighted by Crippen LogP contribution is 2.61. The molecule has 70 heavy (non-hydrogen) atoms. The van der Waals surface area contributed by atoms with Crippen molar-refractivity contribution in [2.45, 2.75) is 125 Å². The number of hydrogen-bond acceptors (Lipinski definition) is 10. The highest BCUT2D eigenvalue weighted by atomic mass is 79.9. The number of amides is 1. The molecule has 13 nitrogen and oxygen atoms in total. The smallest absolute Gasteiger partial charge is 0.374 e. The first-order valence-corrected chi connectivity index (χ1v) is 25.9. The normalized spacial score (nSPS) is 16.6. The van der Waals surface area contributed by atoms with E-state index < -0.39 is 57.0 Å². The van der Waals surface area contributed by atoms with Crippen LogP contribution >= 0.6 is 54.9 Å². The lowest BCUT2D eigenvalue weighted by molar-refractivity contribution is -0.138. The number of aromatic nitrogens is 6. The number of benzene rings is 3. The maximum Gasteiger partial charge on any atom is 0.419 e. The first-order valence-electron chi connectivity index (χ1n) is 20.7. The van der Waals surface area contributed by atoms with E-state index in [0.29, 0.717) is 46.1 Å². The SMILES string of the molecule is CC(=O)N/N=C1/Cc2c(C(F)(F)F)ccc(C)c2NC1(C)C.Cc1cc(Br)c(C(F)(F)F)c2c1NC(C)(C)c1nnc(C)n1-2.Cc1ccc(C(F)(F)F)c2c1NC(C)(C)c1nnc(C)n1-2.O=P(Cl)(Cl)Cl. The molecule has 0 radical (unpaired) electrons. The van der Waals surface area contributed by atoms with E-state index in [1.807, 2.05) is 41.5 Å². The van der Waals surface area contributed by atoms with Gasteiger partial charge in [0.15, 0.2) is 11.6 Å². The number of rotatable bonds is 1. The summed E-state index contributed by atoms with van der Waals surface area (Å²) in [6.45, 7) is 21.0. The number of carbonyl (C=O) groups is 1. The molecule has 1 amide bonds. The van der Waals surface area contributed by atoms with Crippen LogP contribution in [0.15, 0.2) is 39.9 Å². The third-order valence-electron chi connectivity index (χ3n) is 11.2. The van der Waals surface area contributed by atoms with E-state index in [4.69, 9.17) is 0 Å². The molecule has 27 heteroatoms. The third kappa shape index (κ3) is 12.0. The van der Waals surface area contributed by atoms with Crippen molar-refractivity contribution in [3.8, 4) is 11.4 Å². The van der Waals surface area contributed by atoms with Gasteiger partial charge >= 0.3 is 23.7 Å². The minimum Gasteiger partial charge on any atom is -0.374 e. The second kappa shape index (κ2) is 19.5. The van der Waals surface area contributed by atoms with Crippen LogP contribution in [0.25, 0.3) is 11.4 Å². The van der Waals surface area contributed by atoms with E-state index >= 15 is 0 Å². The van der Waals surface area contributed by atoms with Crippen molar-refractivity contribution in [1.82, 2.24) is 35.0 Å². The van der Waals surface area contributed by atoms with Crippen LogP contribution in [0.1, 0.15) is 111 Å². The molecule has 3 aliphatic rings. The molecule has 0 fully saturated rings. The molecular formula is C43H47BrCl3F9N11O2P. The van der Waals surface area contributed by atoms with Gasteiger partial charge in [-0.2, -0.15) is 44.6 Å². The van der Waals surface area contributed by atoms with Crippen molar-refractivity contribution in [3.63, 3.8) is 0 Å². The van der Waals surface area contributed by atoms with E-state index in [1.165, 1.54) is 34.3 Å². The largest absolute Gasteiger partial charge is 0.419 e. The van der Waals surface area contributed by atoms with Crippen LogP contribution in [0.3, 0.4) is 0 Å². The van der Waals surface area contributed by atoms with Gasteiger partial charge in [0.2, 0.25) is 5.91 Å². The summed E-state index contributed by atoms with van der Waals surface area (Å²) in [5.41, 5.74) is 2.75. The highest BCUT2D eigenvalue weighted by molar-refractivity contribution is 9.10. The second-order valence-corrected chi connectivity index (χ2v) is 25.6. The number of hydrogen-bond donors (Lipinski definition) is 4. The van der Waals surface area contributed by atoms with Crippen LogP contribution in [0.5, 0.6) is 0 Å². The molecule has 5 heterocycles. The van der Waals surface area contributed by atoms with Crippen molar-refractivity contribution in [3.05, 3.63) is 97.0 Å². The fraction of sp³-hybridized carbons (Fsp3) is 0.442. The lowest BCUT2D eigenvalue weighted by Crippen LogP contribution is -2.46. The summed E-state index contributed by atoms with van der Waals surface area (Å²) in [5.74, 6) is 1.43. The Balaban J connectivity index is 0.000000186. The lowest BCUT2D eigenvalue weighted by Gasteiger charge is -2.37. The maximum absolute atomic E-state index is 13.6. The summed E-state index contributed by atoms with van der Waals surface area (Å²) in [4.78, 5) is 11.0. The fourth-order valence-electron chi connectivity index (χ4n) is 8.01. The summed E-state index contributed by atoms with van der Waals surface area (Å²) < 4.78 is 133. The van der Waals surface area contributed by atoms with Gasteiger partial charge < -0.3 is 16.0 Å².